The van der Waals surface area contributed by atoms with Crippen LogP contribution in [0.5, 0.6) is 5.75 Å². The van der Waals surface area contributed by atoms with Crippen LogP contribution in [0.1, 0.15) is 5.56 Å². The summed E-state index contributed by atoms with van der Waals surface area (Å²) >= 11 is 0. The van der Waals surface area contributed by atoms with E-state index in [1.807, 2.05) is 0 Å². The van der Waals surface area contributed by atoms with Gasteiger partial charge in [0, 0.05) is 5.56 Å². The molecule has 0 amide bonds. The van der Waals surface area contributed by atoms with Gasteiger partial charge in [0.05, 0.1) is 23.2 Å². The number of aliphatic hydroxyl groups excluding tert-OH is 1. The molecule has 0 aliphatic heterocycles. The van der Waals surface area contributed by atoms with Gasteiger partial charge < -0.3 is 14.8 Å². The second-order valence-corrected chi connectivity index (χ2v) is 4.91. The zero-order chi connectivity index (χ0) is 16.4. The summed E-state index contributed by atoms with van der Waals surface area (Å²) in [5.74, 6) is 1.08. The van der Waals surface area contributed by atoms with E-state index in [0.29, 0.717) is 22.6 Å². The average Bonchev–Trinajstić information content (AvgIpc) is 2.95. The van der Waals surface area contributed by atoms with Crippen molar-refractivity contribution in [3.63, 3.8) is 0 Å². The number of hydrogen-bond acceptors (Lipinski definition) is 3. The first-order valence-corrected chi connectivity index (χ1v) is 6.88. The van der Waals surface area contributed by atoms with Crippen LogP contribution in [0.3, 0.4) is 0 Å². The quantitative estimate of drug-likeness (QED) is 0.771. The Balaban J connectivity index is 1.91. The zero-order valence-electron chi connectivity index (χ0n) is 11.9. The minimum absolute atomic E-state index is 0.0765. The fourth-order valence-corrected chi connectivity index (χ4v) is 2.20. The maximum Gasteiger partial charge on any atom is 0.416 e. The second kappa shape index (κ2) is 5.92. The van der Waals surface area contributed by atoms with Gasteiger partial charge in [-0.3, -0.25) is 0 Å². The average molecular weight is 322 g/mol. The maximum atomic E-state index is 12.7. The van der Waals surface area contributed by atoms with Gasteiger partial charge in [-0.1, -0.05) is 0 Å². The van der Waals surface area contributed by atoms with Gasteiger partial charge in [0.25, 0.3) is 0 Å². The SMILES string of the molecule is OCCOc1ccc(-c2nc3ccc(C(F)(F)F)cc3[nH]2)cc1. The lowest BCUT2D eigenvalue weighted by Gasteiger charge is -2.05. The van der Waals surface area contributed by atoms with Gasteiger partial charge in [0.15, 0.2) is 0 Å². The van der Waals surface area contributed by atoms with Crippen LogP contribution in [0.15, 0.2) is 42.5 Å². The number of fused-ring (bicyclic) bond motifs is 1. The first kappa shape index (κ1) is 15.4. The summed E-state index contributed by atoms with van der Waals surface area (Å²) in [5, 5.41) is 8.70. The minimum Gasteiger partial charge on any atom is -0.491 e. The molecule has 3 rings (SSSR count). The fourth-order valence-electron chi connectivity index (χ4n) is 2.20. The molecule has 0 saturated carbocycles. The number of aromatic amines is 1. The summed E-state index contributed by atoms with van der Waals surface area (Å²) in [6.07, 6.45) is -4.38. The highest BCUT2D eigenvalue weighted by Gasteiger charge is 2.30. The Kier molecular flexibility index (Phi) is 3.96. The summed E-state index contributed by atoms with van der Waals surface area (Å²) in [6.45, 7) is 0.122. The molecule has 7 heteroatoms. The van der Waals surface area contributed by atoms with E-state index in [-0.39, 0.29) is 13.2 Å². The third kappa shape index (κ3) is 3.29. The molecule has 4 nitrogen and oxygen atoms in total. The third-order valence-electron chi connectivity index (χ3n) is 3.30. The highest BCUT2D eigenvalue weighted by atomic mass is 19.4. The molecule has 2 N–H and O–H groups in total. The van der Waals surface area contributed by atoms with Crippen LogP contribution in [0.4, 0.5) is 13.2 Å². The number of aromatic nitrogens is 2. The van der Waals surface area contributed by atoms with Gasteiger partial charge in [-0.05, 0) is 42.5 Å². The molecule has 23 heavy (non-hydrogen) atoms. The van der Waals surface area contributed by atoms with Crippen LogP contribution in [0.25, 0.3) is 22.4 Å². The van der Waals surface area contributed by atoms with E-state index < -0.39 is 11.7 Å². The number of ether oxygens (including phenoxy) is 1. The van der Waals surface area contributed by atoms with Crippen molar-refractivity contribution in [1.29, 1.82) is 0 Å². The summed E-state index contributed by atoms with van der Waals surface area (Å²) < 4.78 is 43.4. The molecular formula is C16H13F3N2O2. The molecular weight excluding hydrogens is 309 g/mol. The summed E-state index contributed by atoms with van der Waals surface area (Å²) in [7, 11) is 0. The van der Waals surface area contributed by atoms with Gasteiger partial charge in [0.1, 0.15) is 18.2 Å². The van der Waals surface area contributed by atoms with Gasteiger partial charge in [-0.2, -0.15) is 13.2 Å². The number of aliphatic hydroxyl groups is 1. The summed E-state index contributed by atoms with van der Waals surface area (Å²) in [6, 6.07) is 10.3. The molecule has 0 fully saturated rings. The Labute approximate surface area is 129 Å². The van der Waals surface area contributed by atoms with Crippen LogP contribution < -0.4 is 4.74 Å². The molecule has 0 spiro atoms. The molecule has 0 radical (unpaired) electrons. The first-order valence-electron chi connectivity index (χ1n) is 6.88. The van der Waals surface area contributed by atoms with Crippen LogP contribution in [0, 0.1) is 0 Å². The highest BCUT2D eigenvalue weighted by Crippen LogP contribution is 2.31. The first-order chi connectivity index (χ1) is 11.0. The molecule has 0 saturated heterocycles. The van der Waals surface area contributed by atoms with E-state index in [1.54, 1.807) is 24.3 Å². The smallest absolute Gasteiger partial charge is 0.416 e. The third-order valence-corrected chi connectivity index (χ3v) is 3.30. The minimum atomic E-state index is -4.38. The molecule has 0 aliphatic rings. The van der Waals surface area contributed by atoms with E-state index in [9.17, 15) is 13.2 Å². The molecule has 0 atom stereocenters. The Bertz CT molecular complexity index is 810. The normalized spacial score (nSPS) is 11.8. The van der Waals surface area contributed by atoms with Crippen molar-refractivity contribution in [2.75, 3.05) is 13.2 Å². The maximum absolute atomic E-state index is 12.7. The van der Waals surface area contributed by atoms with E-state index >= 15 is 0 Å². The molecule has 0 bridgehead atoms. The number of nitrogens with one attached hydrogen (secondary N) is 1. The molecule has 0 aliphatic carbocycles. The van der Waals surface area contributed by atoms with E-state index in [4.69, 9.17) is 9.84 Å². The van der Waals surface area contributed by atoms with Crippen molar-refractivity contribution in [3.05, 3.63) is 48.0 Å². The summed E-state index contributed by atoms with van der Waals surface area (Å²) in [4.78, 5) is 7.19. The van der Waals surface area contributed by atoms with Crippen LogP contribution in [-0.4, -0.2) is 28.3 Å². The van der Waals surface area contributed by atoms with Crippen LogP contribution >= 0.6 is 0 Å². The van der Waals surface area contributed by atoms with Gasteiger partial charge >= 0.3 is 6.18 Å². The van der Waals surface area contributed by atoms with E-state index in [0.717, 1.165) is 17.7 Å². The molecule has 3 aromatic rings. The van der Waals surface area contributed by atoms with Crippen molar-refractivity contribution in [2.45, 2.75) is 6.18 Å². The Hall–Kier alpha value is -2.54. The molecule has 1 heterocycles. The van der Waals surface area contributed by atoms with Gasteiger partial charge in [-0.15, -0.1) is 0 Å². The lowest BCUT2D eigenvalue weighted by molar-refractivity contribution is -0.137. The monoisotopic (exact) mass is 322 g/mol. The van der Waals surface area contributed by atoms with Crippen molar-refractivity contribution >= 4 is 11.0 Å². The lowest BCUT2D eigenvalue weighted by Crippen LogP contribution is -2.04. The molecule has 0 unspecified atom stereocenters. The van der Waals surface area contributed by atoms with Crippen molar-refractivity contribution in [2.24, 2.45) is 0 Å². The number of benzene rings is 2. The predicted octanol–water partition coefficient (Wildman–Crippen LogP) is 3.62. The number of nitrogens with zero attached hydrogens (tertiary/aromatic N) is 1. The van der Waals surface area contributed by atoms with Crippen molar-refractivity contribution in [1.82, 2.24) is 9.97 Å². The number of hydrogen-bond donors (Lipinski definition) is 2. The molecule has 2 aromatic carbocycles. The van der Waals surface area contributed by atoms with Crippen LogP contribution in [0.2, 0.25) is 0 Å². The van der Waals surface area contributed by atoms with E-state index in [2.05, 4.69) is 9.97 Å². The highest BCUT2D eigenvalue weighted by molar-refractivity contribution is 5.80. The Morgan fingerprint density at radius 2 is 1.83 bits per heavy atom. The number of rotatable bonds is 4. The standard InChI is InChI=1S/C16H13F3N2O2/c17-16(18,19)11-3-6-13-14(9-11)21-15(20-13)10-1-4-12(5-2-10)23-8-7-22/h1-6,9,22H,7-8H2,(H,20,21). The number of H-pyrrole nitrogens is 1. The van der Waals surface area contributed by atoms with Crippen LogP contribution in [-0.2, 0) is 6.18 Å². The largest absolute Gasteiger partial charge is 0.491 e. The van der Waals surface area contributed by atoms with Gasteiger partial charge in [0.2, 0.25) is 0 Å². The molecule has 1 aromatic heterocycles. The topological polar surface area (TPSA) is 58.1 Å². The second-order valence-electron chi connectivity index (χ2n) is 4.91. The Morgan fingerprint density at radius 3 is 2.48 bits per heavy atom. The number of alkyl halides is 3. The number of imidazole rings is 1. The lowest BCUT2D eigenvalue weighted by atomic mass is 10.2. The number of halogens is 3. The van der Waals surface area contributed by atoms with E-state index in [1.165, 1.54) is 6.07 Å². The molecule has 120 valence electrons. The van der Waals surface area contributed by atoms with Crippen molar-refractivity contribution in [3.8, 4) is 17.1 Å². The fraction of sp³-hybridized carbons (Fsp3) is 0.188. The Morgan fingerprint density at radius 1 is 1.09 bits per heavy atom. The van der Waals surface area contributed by atoms with Crippen molar-refractivity contribution < 1.29 is 23.0 Å². The van der Waals surface area contributed by atoms with Gasteiger partial charge in [-0.25, -0.2) is 4.98 Å². The zero-order valence-corrected chi connectivity index (χ0v) is 11.9. The summed E-state index contributed by atoms with van der Waals surface area (Å²) in [5.41, 5.74) is 0.808. The predicted molar refractivity (Wildman–Crippen MR) is 79.1 cm³/mol.